The van der Waals surface area contributed by atoms with Crippen molar-refractivity contribution in [3.8, 4) is 11.5 Å². The number of carbonyl (C=O) groups excluding carboxylic acids is 1. The van der Waals surface area contributed by atoms with E-state index >= 15 is 0 Å². The molecule has 0 radical (unpaired) electrons. The number of ether oxygens (including phenoxy) is 2. The number of aryl methyl sites for hydroxylation is 1. The summed E-state index contributed by atoms with van der Waals surface area (Å²) in [4.78, 5) is 12.1. The van der Waals surface area contributed by atoms with E-state index in [1.807, 2.05) is 37.3 Å². The third-order valence-corrected chi connectivity index (χ3v) is 2.61. The zero-order chi connectivity index (χ0) is 13.0. The van der Waals surface area contributed by atoms with Crippen LogP contribution in [-0.4, -0.2) is 13.1 Å². The van der Waals surface area contributed by atoms with Gasteiger partial charge in [0.25, 0.3) is 0 Å². The van der Waals surface area contributed by atoms with Crippen LogP contribution in [-0.2, 0) is 0 Å². The topological polar surface area (TPSA) is 35.5 Å². The zero-order valence-electron chi connectivity index (χ0n) is 10.3. The van der Waals surface area contributed by atoms with Gasteiger partial charge in [-0.25, -0.2) is 4.79 Å². The average molecular weight is 242 g/mol. The van der Waals surface area contributed by atoms with E-state index < -0.39 is 5.97 Å². The molecule has 0 bridgehead atoms. The third kappa shape index (κ3) is 2.51. The first kappa shape index (κ1) is 12.2. The van der Waals surface area contributed by atoms with Crippen molar-refractivity contribution in [2.75, 3.05) is 7.11 Å². The maximum absolute atomic E-state index is 12.1. The van der Waals surface area contributed by atoms with E-state index in [-0.39, 0.29) is 0 Å². The molecule has 0 unspecified atom stereocenters. The van der Waals surface area contributed by atoms with Crippen LogP contribution in [0.2, 0.25) is 0 Å². The Hall–Kier alpha value is -2.29. The molecule has 0 fully saturated rings. The van der Waals surface area contributed by atoms with Gasteiger partial charge in [0.2, 0.25) is 0 Å². The third-order valence-electron chi connectivity index (χ3n) is 2.61. The molecule has 92 valence electrons. The first-order valence-corrected chi connectivity index (χ1v) is 5.63. The summed E-state index contributed by atoms with van der Waals surface area (Å²) in [6, 6.07) is 14.4. The fourth-order valence-corrected chi connectivity index (χ4v) is 1.72. The van der Waals surface area contributed by atoms with Crippen molar-refractivity contribution in [1.29, 1.82) is 0 Å². The average Bonchev–Trinajstić information content (AvgIpc) is 2.39. The molecule has 2 rings (SSSR count). The van der Waals surface area contributed by atoms with Gasteiger partial charge in [-0.3, -0.25) is 0 Å². The lowest BCUT2D eigenvalue weighted by Crippen LogP contribution is -2.11. The van der Waals surface area contributed by atoms with Gasteiger partial charge in [0.05, 0.1) is 7.11 Å². The van der Waals surface area contributed by atoms with Crippen molar-refractivity contribution < 1.29 is 14.3 Å². The van der Waals surface area contributed by atoms with Crippen molar-refractivity contribution in [3.63, 3.8) is 0 Å². The summed E-state index contributed by atoms with van der Waals surface area (Å²) in [6.07, 6.45) is 0. The Morgan fingerprint density at radius 2 is 1.72 bits per heavy atom. The van der Waals surface area contributed by atoms with Gasteiger partial charge in [-0.15, -0.1) is 0 Å². The molecule has 0 aliphatic carbocycles. The summed E-state index contributed by atoms with van der Waals surface area (Å²) in [5.74, 6) is 0.639. The van der Waals surface area contributed by atoms with E-state index in [1.54, 1.807) is 18.2 Å². The summed E-state index contributed by atoms with van der Waals surface area (Å²) < 4.78 is 10.5. The Morgan fingerprint density at radius 3 is 2.39 bits per heavy atom. The molecule has 0 aliphatic heterocycles. The minimum Gasteiger partial charge on any atom is -0.496 e. The second-order valence-electron chi connectivity index (χ2n) is 3.85. The molecule has 0 atom stereocenters. The molecule has 0 N–H and O–H groups in total. The minimum absolute atomic E-state index is 0.406. The van der Waals surface area contributed by atoms with Gasteiger partial charge in [-0.2, -0.15) is 0 Å². The van der Waals surface area contributed by atoms with E-state index in [0.717, 1.165) is 5.56 Å². The van der Waals surface area contributed by atoms with Crippen LogP contribution in [0.4, 0.5) is 0 Å². The number of methoxy groups -OCH3 is 1. The minimum atomic E-state index is -0.406. The van der Waals surface area contributed by atoms with Gasteiger partial charge in [-0.05, 0) is 30.7 Å². The van der Waals surface area contributed by atoms with Gasteiger partial charge in [0.1, 0.15) is 17.1 Å². The van der Waals surface area contributed by atoms with Gasteiger partial charge in [0.15, 0.2) is 0 Å². The largest absolute Gasteiger partial charge is 0.496 e. The Labute approximate surface area is 106 Å². The predicted octanol–water partition coefficient (Wildman–Crippen LogP) is 3.22. The second kappa shape index (κ2) is 5.36. The highest BCUT2D eigenvalue weighted by Crippen LogP contribution is 2.23. The first-order chi connectivity index (χ1) is 8.72. The van der Waals surface area contributed by atoms with Crippen LogP contribution in [0.1, 0.15) is 15.9 Å². The maximum atomic E-state index is 12.1. The highest BCUT2D eigenvalue weighted by atomic mass is 16.5. The Bertz CT molecular complexity index is 547. The van der Waals surface area contributed by atoms with Crippen molar-refractivity contribution in [2.24, 2.45) is 0 Å². The van der Waals surface area contributed by atoms with Crippen molar-refractivity contribution >= 4 is 5.97 Å². The molecule has 0 amide bonds. The molecular formula is C15H14O3. The van der Waals surface area contributed by atoms with Crippen LogP contribution in [0.3, 0.4) is 0 Å². The molecule has 0 aliphatic rings. The highest BCUT2D eigenvalue weighted by Gasteiger charge is 2.16. The van der Waals surface area contributed by atoms with E-state index in [9.17, 15) is 4.79 Å². The Morgan fingerprint density at radius 1 is 1.00 bits per heavy atom. The highest BCUT2D eigenvalue weighted by molar-refractivity contribution is 5.95. The summed E-state index contributed by atoms with van der Waals surface area (Å²) in [6.45, 7) is 1.85. The number of para-hydroxylation sites is 1. The van der Waals surface area contributed by atoms with Crippen molar-refractivity contribution in [2.45, 2.75) is 6.92 Å². The van der Waals surface area contributed by atoms with Gasteiger partial charge < -0.3 is 9.47 Å². The quantitative estimate of drug-likeness (QED) is 0.612. The summed E-state index contributed by atoms with van der Waals surface area (Å²) in [5, 5.41) is 0. The SMILES string of the molecule is COc1cccc(C)c1C(=O)Oc1ccccc1. The van der Waals surface area contributed by atoms with Gasteiger partial charge >= 0.3 is 5.97 Å². The summed E-state index contributed by atoms with van der Waals surface area (Å²) in [7, 11) is 1.54. The molecule has 0 spiro atoms. The number of carbonyl (C=O) groups is 1. The van der Waals surface area contributed by atoms with E-state index in [2.05, 4.69) is 0 Å². The lowest BCUT2D eigenvalue weighted by Gasteiger charge is -2.10. The molecule has 18 heavy (non-hydrogen) atoms. The standard InChI is InChI=1S/C15H14O3/c1-11-7-6-10-13(17-2)14(11)15(16)18-12-8-4-3-5-9-12/h3-10H,1-2H3. The van der Waals surface area contributed by atoms with Gasteiger partial charge in [0, 0.05) is 0 Å². The molecule has 0 aromatic heterocycles. The van der Waals surface area contributed by atoms with E-state index in [1.165, 1.54) is 7.11 Å². The van der Waals surface area contributed by atoms with Crippen molar-refractivity contribution in [1.82, 2.24) is 0 Å². The lowest BCUT2D eigenvalue weighted by atomic mass is 10.1. The molecule has 0 saturated heterocycles. The smallest absolute Gasteiger partial charge is 0.347 e. The number of rotatable bonds is 3. The molecule has 3 nitrogen and oxygen atoms in total. The summed E-state index contributed by atoms with van der Waals surface area (Å²) in [5.41, 5.74) is 1.29. The van der Waals surface area contributed by atoms with Crippen LogP contribution in [0.5, 0.6) is 11.5 Å². The zero-order valence-corrected chi connectivity index (χ0v) is 10.3. The van der Waals surface area contributed by atoms with Crippen LogP contribution >= 0.6 is 0 Å². The molecular weight excluding hydrogens is 228 g/mol. The van der Waals surface area contributed by atoms with Gasteiger partial charge in [-0.1, -0.05) is 30.3 Å². The molecule has 3 heteroatoms. The summed E-state index contributed by atoms with van der Waals surface area (Å²) >= 11 is 0. The number of hydrogen-bond donors (Lipinski definition) is 0. The first-order valence-electron chi connectivity index (χ1n) is 5.63. The number of hydrogen-bond acceptors (Lipinski definition) is 3. The van der Waals surface area contributed by atoms with E-state index in [4.69, 9.17) is 9.47 Å². The Kier molecular flexibility index (Phi) is 3.63. The van der Waals surface area contributed by atoms with Crippen LogP contribution in [0.15, 0.2) is 48.5 Å². The molecule has 0 saturated carbocycles. The fraction of sp³-hybridized carbons (Fsp3) is 0.133. The van der Waals surface area contributed by atoms with Crippen LogP contribution in [0.25, 0.3) is 0 Å². The lowest BCUT2D eigenvalue weighted by molar-refractivity contribution is 0.0730. The van der Waals surface area contributed by atoms with E-state index in [0.29, 0.717) is 17.1 Å². The maximum Gasteiger partial charge on any atom is 0.347 e. The second-order valence-corrected chi connectivity index (χ2v) is 3.85. The molecule has 2 aromatic rings. The number of benzene rings is 2. The Balaban J connectivity index is 2.29. The fourth-order valence-electron chi connectivity index (χ4n) is 1.72. The van der Waals surface area contributed by atoms with Crippen LogP contribution in [0, 0.1) is 6.92 Å². The van der Waals surface area contributed by atoms with Crippen LogP contribution < -0.4 is 9.47 Å². The predicted molar refractivity (Wildman–Crippen MR) is 69.1 cm³/mol. The number of esters is 1. The normalized spacial score (nSPS) is 9.89. The molecule has 0 heterocycles. The monoisotopic (exact) mass is 242 g/mol. The molecule has 2 aromatic carbocycles. The van der Waals surface area contributed by atoms with Crippen molar-refractivity contribution in [3.05, 3.63) is 59.7 Å².